The molecule has 4 N–H and O–H groups in total. The van der Waals surface area contributed by atoms with Crippen molar-refractivity contribution in [2.45, 2.75) is 45.3 Å². The van der Waals surface area contributed by atoms with E-state index in [1.165, 1.54) is 0 Å². The summed E-state index contributed by atoms with van der Waals surface area (Å²) < 4.78 is 11.0. The number of amides is 4. The average Bonchev–Trinajstić information content (AvgIpc) is 3.11. The van der Waals surface area contributed by atoms with Crippen LogP contribution in [0.4, 0.5) is 15.5 Å². The van der Waals surface area contributed by atoms with Crippen LogP contribution in [0, 0.1) is 0 Å². The highest BCUT2D eigenvalue weighted by molar-refractivity contribution is 6.00. The molecule has 10 nitrogen and oxygen atoms in total. The second kappa shape index (κ2) is 9.07. The van der Waals surface area contributed by atoms with Crippen LogP contribution in [0.5, 0.6) is 0 Å². The third-order valence-corrected chi connectivity index (χ3v) is 4.51. The fourth-order valence-corrected chi connectivity index (χ4v) is 3.22. The number of aromatic nitrogens is 1. The highest BCUT2D eigenvalue weighted by Gasteiger charge is 2.30. The van der Waals surface area contributed by atoms with Gasteiger partial charge in [0, 0.05) is 24.7 Å². The molecule has 31 heavy (non-hydrogen) atoms. The summed E-state index contributed by atoms with van der Waals surface area (Å²) in [6, 6.07) is 7.79. The van der Waals surface area contributed by atoms with Gasteiger partial charge in [-0.3, -0.25) is 10.1 Å². The van der Waals surface area contributed by atoms with E-state index < -0.39 is 23.6 Å². The van der Waals surface area contributed by atoms with Gasteiger partial charge >= 0.3 is 12.1 Å². The molecule has 1 aliphatic heterocycles. The smallest absolute Gasteiger partial charge is 0.410 e. The second-order valence-electron chi connectivity index (χ2n) is 8.29. The van der Waals surface area contributed by atoms with Gasteiger partial charge in [-0.1, -0.05) is 18.2 Å². The van der Waals surface area contributed by atoms with Gasteiger partial charge in [0.2, 0.25) is 11.8 Å². The quantitative estimate of drug-likeness (QED) is 0.683. The summed E-state index contributed by atoms with van der Waals surface area (Å²) in [7, 11) is 0. The Labute approximate surface area is 180 Å². The predicted molar refractivity (Wildman–Crippen MR) is 113 cm³/mol. The molecule has 0 saturated carbocycles. The van der Waals surface area contributed by atoms with Gasteiger partial charge in [0.25, 0.3) is 5.91 Å². The Kier molecular flexibility index (Phi) is 6.47. The Morgan fingerprint density at radius 1 is 1.23 bits per heavy atom. The largest absolute Gasteiger partial charge is 0.444 e. The standard InChI is InChI=1S/C21H27N5O5/c1-21(2,3)31-20(29)26-11-7-10-14(12-26)23-16(27)15-18(25-19(22)28)30-17(24-15)13-8-5-4-6-9-13/h4-6,8-9,14H,7,10-12H2,1-3H3,(H,23,27)(H3,22,25,28)/t14-/m0/s1. The molecular weight excluding hydrogens is 402 g/mol. The number of primary amides is 1. The maximum atomic E-state index is 12.9. The number of likely N-dealkylation sites (tertiary alicyclic amines) is 1. The highest BCUT2D eigenvalue weighted by Crippen LogP contribution is 2.26. The number of benzene rings is 1. The summed E-state index contributed by atoms with van der Waals surface area (Å²) in [5, 5.41) is 5.16. The maximum absolute atomic E-state index is 12.9. The number of hydrogen-bond acceptors (Lipinski definition) is 6. The molecule has 1 saturated heterocycles. The zero-order valence-corrected chi connectivity index (χ0v) is 17.8. The first-order valence-corrected chi connectivity index (χ1v) is 10.0. The van der Waals surface area contributed by atoms with Crippen LogP contribution in [0.25, 0.3) is 11.5 Å². The van der Waals surface area contributed by atoms with Crippen LogP contribution in [0.2, 0.25) is 0 Å². The molecule has 166 valence electrons. The molecule has 2 aromatic rings. The number of hydrogen-bond donors (Lipinski definition) is 3. The molecule has 0 radical (unpaired) electrons. The third kappa shape index (κ3) is 5.97. The molecule has 1 aromatic heterocycles. The maximum Gasteiger partial charge on any atom is 0.410 e. The van der Waals surface area contributed by atoms with Crippen molar-refractivity contribution in [3.05, 3.63) is 36.0 Å². The summed E-state index contributed by atoms with van der Waals surface area (Å²) in [5.74, 6) is -0.497. The minimum atomic E-state index is -0.876. The van der Waals surface area contributed by atoms with Crippen molar-refractivity contribution < 1.29 is 23.5 Å². The monoisotopic (exact) mass is 429 g/mol. The lowest BCUT2D eigenvalue weighted by atomic mass is 10.1. The van der Waals surface area contributed by atoms with E-state index in [2.05, 4.69) is 15.6 Å². The van der Waals surface area contributed by atoms with E-state index in [0.29, 0.717) is 31.5 Å². The van der Waals surface area contributed by atoms with Crippen molar-refractivity contribution in [2.75, 3.05) is 18.4 Å². The highest BCUT2D eigenvalue weighted by atomic mass is 16.6. The van der Waals surface area contributed by atoms with Crippen molar-refractivity contribution in [1.29, 1.82) is 0 Å². The van der Waals surface area contributed by atoms with Crippen molar-refractivity contribution in [3.63, 3.8) is 0 Å². The van der Waals surface area contributed by atoms with E-state index in [1.807, 2.05) is 6.07 Å². The van der Waals surface area contributed by atoms with Crippen molar-refractivity contribution in [3.8, 4) is 11.5 Å². The fraction of sp³-hybridized carbons (Fsp3) is 0.429. The Bertz CT molecular complexity index is 951. The molecular formula is C21H27N5O5. The lowest BCUT2D eigenvalue weighted by Crippen LogP contribution is -2.50. The van der Waals surface area contributed by atoms with E-state index in [-0.39, 0.29) is 23.5 Å². The molecule has 0 aliphatic carbocycles. The number of piperidine rings is 1. The third-order valence-electron chi connectivity index (χ3n) is 4.51. The van der Waals surface area contributed by atoms with Gasteiger partial charge in [-0.15, -0.1) is 0 Å². The van der Waals surface area contributed by atoms with E-state index in [0.717, 1.165) is 0 Å². The van der Waals surface area contributed by atoms with Gasteiger partial charge in [-0.2, -0.15) is 0 Å². The fourth-order valence-electron chi connectivity index (χ4n) is 3.22. The Balaban J connectivity index is 1.74. The number of nitrogens with zero attached hydrogens (tertiary/aromatic N) is 2. The number of oxazole rings is 1. The number of nitrogens with one attached hydrogen (secondary N) is 2. The van der Waals surface area contributed by atoms with Gasteiger partial charge in [0.1, 0.15) is 5.60 Å². The lowest BCUT2D eigenvalue weighted by molar-refractivity contribution is 0.0185. The van der Waals surface area contributed by atoms with Gasteiger partial charge < -0.3 is 25.1 Å². The van der Waals surface area contributed by atoms with Crippen LogP contribution < -0.4 is 16.4 Å². The number of nitrogens with two attached hydrogens (primary N) is 1. The van der Waals surface area contributed by atoms with Crippen molar-refractivity contribution in [2.24, 2.45) is 5.73 Å². The first-order valence-electron chi connectivity index (χ1n) is 10.0. The van der Waals surface area contributed by atoms with E-state index in [9.17, 15) is 14.4 Å². The lowest BCUT2D eigenvalue weighted by Gasteiger charge is -2.34. The van der Waals surface area contributed by atoms with Gasteiger partial charge in [0.15, 0.2) is 5.69 Å². The van der Waals surface area contributed by atoms with Gasteiger partial charge in [-0.25, -0.2) is 14.6 Å². The van der Waals surface area contributed by atoms with Crippen LogP contribution in [0.3, 0.4) is 0 Å². The van der Waals surface area contributed by atoms with Crippen molar-refractivity contribution >= 4 is 23.9 Å². The number of anilines is 1. The summed E-state index contributed by atoms with van der Waals surface area (Å²) in [4.78, 5) is 42.4. The Hall–Kier alpha value is -3.56. The van der Waals surface area contributed by atoms with E-state index >= 15 is 0 Å². The first kappa shape index (κ1) is 22.1. The molecule has 2 heterocycles. The van der Waals surface area contributed by atoms with Crippen LogP contribution >= 0.6 is 0 Å². The summed E-state index contributed by atoms with van der Waals surface area (Å²) >= 11 is 0. The van der Waals surface area contributed by atoms with Crippen LogP contribution in [0.1, 0.15) is 44.1 Å². The minimum Gasteiger partial charge on any atom is -0.444 e. The van der Waals surface area contributed by atoms with Gasteiger partial charge in [-0.05, 0) is 45.7 Å². The van der Waals surface area contributed by atoms with Crippen molar-refractivity contribution in [1.82, 2.24) is 15.2 Å². The number of urea groups is 1. The van der Waals surface area contributed by atoms with Crippen LogP contribution in [-0.4, -0.2) is 52.6 Å². The topological polar surface area (TPSA) is 140 Å². The average molecular weight is 429 g/mol. The first-order chi connectivity index (χ1) is 14.6. The molecule has 0 bridgehead atoms. The van der Waals surface area contributed by atoms with Crippen LogP contribution in [0.15, 0.2) is 34.7 Å². The molecule has 0 spiro atoms. The molecule has 10 heteroatoms. The number of rotatable bonds is 4. The molecule has 1 aromatic carbocycles. The minimum absolute atomic E-state index is 0.0907. The second-order valence-corrected chi connectivity index (χ2v) is 8.29. The molecule has 4 amide bonds. The summed E-state index contributed by atoms with van der Waals surface area (Å²) in [5.41, 5.74) is 5.15. The number of carbonyl (C=O) groups is 3. The van der Waals surface area contributed by atoms with E-state index in [4.69, 9.17) is 14.9 Å². The normalized spacial score (nSPS) is 16.5. The SMILES string of the molecule is CC(C)(C)OC(=O)N1CCC[C@H](NC(=O)c2nc(-c3ccccc3)oc2NC(N)=O)C1. The van der Waals surface area contributed by atoms with Crippen LogP contribution in [-0.2, 0) is 4.74 Å². The molecule has 3 rings (SSSR count). The zero-order valence-electron chi connectivity index (χ0n) is 17.8. The van der Waals surface area contributed by atoms with E-state index in [1.54, 1.807) is 49.9 Å². The summed E-state index contributed by atoms with van der Waals surface area (Å²) in [6.45, 7) is 6.27. The summed E-state index contributed by atoms with van der Waals surface area (Å²) in [6.07, 6.45) is 0.979. The molecule has 1 fully saturated rings. The zero-order chi connectivity index (χ0) is 22.6. The van der Waals surface area contributed by atoms with Gasteiger partial charge in [0.05, 0.1) is 0 Å². The molecule has 1 aliphatic rings. The Morgan fingerprint density at radius 2 is 1.94 bits per heavy atom. The molecule has 0 unspecified atom stereocenters. The predicted octanol–water partition coefficient (Wildman–Crippen LogP) is 2.96. The number of ether oxygens (including phenoxy) is 1. The number of carbonyl (C=O) groups excluding carboxylic acids is 3. The Morgan fingerprint density at radius 3 is 2.58 bits per heavy atom. The molecule has 1 atom stereocenters.